The van der Waals surface area contributed by atoms with Crippen LogP contribution in [-0.2, 0) is 6.42 Å². The molecule has 0 aliphatic carbocycles. The Morgan fingerprint density at radius 3 is 2.41 bits per heavy atom. The average molecular weight is 329 g/mol. The van der Waals surface area contributed by atoms with E-state index in [1.165, 1.54) is 0 Å². The molecule has 0 unspecified atom stereocenters. The lowest BCUT2D eigenvalue weighted by Crippen LogP contribution is -2.19. The van der Waals surface area contributed by atoms with Gasteiger partial charge < -0.3 is 11.1 Å². The van der Waals surface area contributed by atoms with Crippen molar-refractivity contribution in [2.24, 2.45) is 10.7 Å². The van der Waals surface area contributed by atoms with Crippen LogP contribution >= 0.6 is 23.8 Å². The Morgan fingerprint density at radius 1 is 1.18 bits per heavy atom. The van der Waals surface area contributed by atoms with Gasteiger partial charge in [-0.1, -0.05) is 23.7 Å². The summed E-state index contributed by atoms with van der Waals surface area (Å²) in [6, 6.07) is 16.4. The Morgan fingerprint density at radius 2 is 1.82 bits per heavy atom. The number of nitrogens with two attached hydrogens (primary N) is 1. The lowest BCUT2D eigenvalue weighted by Gasteiger charge is -2.06. The van der Waals surface area contributed by atoms with Crippen LogP contribution in [0.1, 0.15) is 11.1 Å². The summed E-state index contributed by atoms with van der Waals surface area (Å²) in [4.78, 5) is 4.15. The second-order valence-electron chi connectivity index (χ2n) is 4.53. The van der Waals surface area contributed by atoms with E-state index in [1.807, 2.05) is 12.1 Å². The van der Waals surface area contributed by atoms with Crippen LogP contribution < -0.4 is 11.1 Å². The van der Waals surface area contributed by atoms with Crippen molar-refractivity contribution < 1.29 is 0 Å². The van der Waals surface area contributed by atoms with E-state index in [1.54, 1.807) is 36.4 Å². The number of nitriles is 1. The lowest BCUT2D eigenvalue weighted by atomic mass is 10.1. The van der Waals surface area contributed by atoms with Gasteiger partial charge in [-0.25, -0.2) is 4.99 Å². The van der Waals surface area contributed by atoms with Crippen molar-refractivity contribution in [3.05, 3.63) is 64.7 Å². The molecule has 0 fully saturated rings. The molecular formula is C16H13ClN4S. The molecule has 0 aromatic heterocycles. The van der Waals surface area contributed by atoms with Crippen LogP contribution in [-0.4, -0.2) is 10.9 Å². The van der Waals surface area contributed by atoms with Gasteiger partial charge >= 0.3 is 0 Å². The minimum atomic E-state index is 0.274. The van der Waals surface area contributed by atoms with Crippen LogP contribution in [0.25, 0.3) is 0 Å². The first kappa shape index (κ1) is 16.0. The molecule has 0 saturated heterocycles. The Balaban J connectivity index is 1.96. The van der Waals surface area contributed by atoms with Crippen LogP contribution in [0.5, 0.6) is 0 Å². The maximum absolute atomic E-state index is 8.74. The van der Waals surface area contributed by atoms with Crippen LogP contribution in [0.3, 0.4) is 0 Å². The summed E-state index contributed by atoms with van der Waals surface area (Å²) < 4.78 is 0. The highest BCUT2D eigenvalue weighted by Gasteiger charge is 2.01. The number of aliphatic imine (C=N–C) groups is 1. The minimum Gasteiger partial charge on any atom is -0.387 e. The zero-order valence-electron chi connectivity index (χ0n) is 11.6. The summed E-state index contributed by atoms with van der Waals surface area (Å²) in [7, 11) is 0. The van der Waals surface area contributed by atoms with Gasteiger partial charge in [-0.05, 0) is 54.2 Å². The largest absolute Gasteiger partial charge is 0.387 e. The molecule has 4 nitrogen and oxygen atoms in total. The lowest BCUT2D eigenvalue weighted by molar-refractivity contribution is 1.29. The van der Waals surface area contributed by atoms with E-state index in [0.29, 0.717) is 22.8 Å². The Labute approximate surface area is 139 Å². The molecule has 6 heteroatoms. The highest BCUT2D eigenvalue weighted by molar-refractivity contribution is 7.80. The van der Waals surface area contributed by atoms with Crippen LogP contribution in [0.4, 0.5) is 5.69 Å². The van der Waals surface area contributed by atoms with Crippen molar-refractivity contribution in [2.45, 2.75) is 6.42 Å². The summed E-state index contributed by atoms with van der Waals surface area (Å²) in [5, 5.41) is 12.6. The van der Waals surface area contributed by atoms with E-state index in [-0.39, 0.29) is 5.11 Å². The number of anilines is 1. The number of benzene rings is 2. The number of halogens is 1. The number of nitrogens with one attached hydrogen (secondary N) is 1. The molecular weight excluding hydrogens is 316 g/mol. The molecule has 0 aliphatic heterocycles. The van der Waals surface area contributed by atoms with E-state index in [2.05, 4.69) is 16.4 Å². The number of nitrogens with zero attached hydrogens (tertiary/aromatic N) is 2. The molecule has 0 radical (unpaired) electrons. The fraction of sp³-hybridized carbons (Fsp3) is 0.0625. The van der Waals surface area contributed by atoms with Gasteiger partial charge in [-0.15, -0.1) is 0 Å². The molecule has 0 aliphatic rings. The zero-order valence-corrected chi connectivity index (χ0v) is 13.2. The topological polar surface area (TPSA) is 74.2 Å². The molecule has 0 saturated carbocycles. The van der Waals surface area contributed by atoms with Crippen molar-refractivity contribution >= 4 is 40.5 Å². The maximum atomic E-state index is 8.74. The van der Waals surface area contributed by atoms with Crippen molar-refractivity contribution in [3.8, 4) is 6.07 Å². The van der Waals surface area contributed by atoms with E-state index in [0.717, 1.165) is 11.3 Å². The third-order valence-corrected chi connectivity index (χ3v) is 3.25. The summed E-state index contributed by atoms with van der Waals surface area (Å²) in [5.41, 5.74) is 8.24. The molecule has 2 aromatic rings. The van der Waals surface area contributed by atoms with Crippen LogP contribution in [0, 0.1) is 11.3 Å². The van der Waals surface area contributed by atoms with Gasteiger partial charge in [0.1, 0.15) is 5.84 Å². The second-order valence-corrected chi connectivity index (χ2v) is 5.35. The second kappa shape index (κ2) is 7.55. The van der Waals surface area contributed by atoms with Gasteiger partial charge in [0.05, 0.1) is 11.6 Å². The molecule has 0 atom stereocenters. The quantitative estimate of drug-likeness (QED) is 0.513. The normalized spacial score (nSPS) is 10.8. The summed E-state index contributed by atoms with van der Waals surface area (Å²) >= 11 is 11.0. The molecule has 3 N–H and O–H groups in total. The van der Waals surface area contributed by atoms with Crippen molar-refractivity contribution in [2.75, 3.05) is 5.32 Å². The van der Waals surface area contributed by atoms with Gasteiger partial charge in [-0.3, -0.25) is 0 Å². The highest BCUT2D eigenvalue weighted by atomic mass is 35.5. The van der Waals surface area contributed by atoms with Crippen LogP contribution in [0.2, 0.25) is 5.02 Å². The van der Waals surface area contributed by atoms with Crippen molar-refractivity contribution in [3.63, 3.8) is 0 Å². The van der Waals surface area contributed by atoms with Gasteiger partial charge in [0.25, 0.3) is 0 Å². The molecule has 0 amide bonds. The fourth-order valence-corrected chi connectivity index (χ4v) is 2.12. The Bertz CT molecular complexity index is 730. The maximum Gasteiger partial charge on any atom is 0.198 e. The molecule has 0 spiro atoms. The van der Waals surface area contributed by atoms with E-state index in [4.69, 9.17) is 34.8 Å². The van der Waals surface area contributed by atoms with Crippen molar-refractivity contribution in [1.82, 2.24) is 0 Å². The molecule has 0 bridgehead atoms. The summed E-state index contributed by atoms with van der Waals surface area (Å²) in [6.07, 6.45) is 0.492. The number of rotatable bonds is 3. The molecule has 2 aromatic carbocycles. The first-order valence-corrected chi connectivity index (χ1v) is 7.24. The molecule has 22 heavy (non-hydrogen) atoms. The summed E-state index contributed by atoms with van der Waals surface area (Å²) in [6.45, 7) is 0. The third-order valence-electron chi connectivity index (χ3n) is 2.81. The predicted molar refractivity (Wildman–Crippen MR) is 94.2 cm³/mol. The zero-order chi connectivity index (χ0) is 15.9. The van der Waals surface area contributed by atoms with Gasteiger partial charge in [0.15, 0.2) is 5.11 Å². The third kappa shape index (κ3) is 4.85. The smallest absolute Gasteiger partial charge is 0.198 e. The number of amidine groups is 1. The average Bonchev–Trinajstić information content (AvgIpc) is 2.50. The number of hydrogen-bond donors (Lipinski definition) is 2. The first-order valence-electron chi connectivity index (χ1n) is 6.45. The predicted octanol–water partition coefficient (Wildman–Crippen LogP) is 3.51. The molecule has 2 rings (SSSR count). The monoisotopic (exact) mass is 328 g/mol. The van der Waals surface area contributed by atoms with Crippen LogP contribution in [0.15, 0.2) is 53.5 Å². The highest BCUT2D eigenvalue weighted by Crippen LogP contribution is 2.11. The van der Waals surface area contributed by atoms with Crippen molar-refractivity contribution in [1.29, 1.82) is 5.26 Å². The van der Waals surface area contributed by atoms with Gasteiger partial charge in [0, 0.05) is 17.1 Å². The first-order chi connectivity index (χ1) is 10.6. The summed E-state index contributed by atoms with van der Waals surface area (Å²) in [5.74, 6) is 0.411. The van der Waals surface area contributed by atoms with E-state index >= 15 is 0 Å². The standard InChI is InChI=1S/C16H13ClN4S/c17-13-5-1-11(2-6-13)9-15(19)21-16(22)20-14-7-3-12(10-18)4-8-14/h1-8H,9H2,(H3,19,20,21,22). The van der Waals surface area contributed by atoms with E-state index < -0.39 is 0 Å². The molecule has 110 valence electrons. The fourth-order valence-electron chi connectivity index (χ4n) is 1.76. The van der Waals surface area contributed by atoms with E-state index in [9.17, 15) is 0 Å². The Hall–Kier alpha value is -2.42. The molecule has 0 heterocycles. The minimum absolute atomic E-state index is 0.274. The SMILES string of the molecule is N#Cc1ccc(NC(=S)N=C(N)Cc2ccc(Cl)cc2)cc1. The number of thiocarbonyl (C=S) groups is 1. The van der Waals surface area contributed by atoms with Gasteiger partial charge in [-0.2, -0.15) is 5.26 Å². The Kier molecular flexibility index (Phi) is 5.48. The number of hydrogen-bond acceptors (Lipinski definition) is 2. The van der Waals surface area contributed by atoms with Gasteiger partial charge in [0.2, 0.25) is 0 Å².